The van der Waals surface area contributed by atoms with Crippen LogP contribution >= 0.6 is 11.6 Å². The Morgan fingerprint density at radius 3 is 3.08 bits per heavy atom. The zero-order chi connectivity index (χ0) is 8.72. The molecular weight excluding hydrogens is 180 g/mol. The fraction of sp³-hybridized carbons (Fsp3) is 0.167. The number of halogens is 1. The molecule has 6 heteroatoms. The average Bonchev–Trinajstić information content (AvgIpc) is 2.29. The summed E-state index contributed by atoms with van der Waals surface area (Å²) in [6.45, 7) is 1.74. The van der Waals surface area contributed by atoms with Gasteiger partial charge in [-0.2, -0.15) is 14.5 Å². The Morgan fingerprint density at radius 2 is 2.33 bits per heavy atom. The average molecular weight is 185 g/mol. The molecule has 0 radical (unpaired) electrons. The Labute approximate surface area is 72.0 Å². The van der Waals surface area contributed by atoms with Crippen molar-refractivity contribution in [1.29, 1.82) is 0 Å². The van der Waals surface area contributed by atoms with Gasteiger partial charge in [-0.25, -0.2) is 0 Å². The number of aromatic nitrogens is 4. The molecule has 0 aromatic carbocycles. The molecule has 2 aromatic rings. The van der Waals surface area contributed by atoms with Crippen LogP contribution in [-0.2, 0) is 0 Å². The molecule has 0 aliphatic rings. The van der Waals surface area contributed by atoms with Crippen molar-refractivity contribution < 1.29 is 0 Å². The van der Waals surface area contributed by atoms with E-state index in [9.17, 15) is 4.79 Å². The molecule has 0 saturated carbocycles. The van der Waals surface area contributed by atoms with Crippen LogP contribution in [0.5, 0.6) is 0 Å². The highest BCUT2D eigenvalue weighted by Crippen LogP contribution is 2.01. The van der Waals surface area contributed by atoms with Crippen LogP contribution in [0.2, 0.25) is 5.15 Å². The molecule has 0 unspecified atom stereocenters. The second-order valence-electron chi connectivity index (χ2n) is 2.36. The summed E-state index contributed by atoms with van der Waals surface area (Å²) in [7, 11) is 0. The van der Waals surface area contributed by atoms with Crippen LogP contribution in [0.25, 0.3) is 5.78 Å². The topological polar surface area (TPSA) is 63.1 Å². The lowest BCUT2D eigenvalue weighted by Crippen LogP contribution is -2.13. The Morgan fingerprint density at radius 1 is 1.58 bits per heavy atom. The Hall–Kier alpha value is -1.36. The highest BCUT2D eigenvalue weighted by Gasteiger charge is 2.02. The van der Waals surface area contributed by atoms with Crippen LogP contribution in [0.1, 0.15) is 5.82 Å². The zero-order valence-electron chi connectivity index (χ0n) is 6.21. The molecule has 0 bridgehead atoms. The second-order valence-corrected chi connectivity index (χ2v) is 2.75. The maximum Gasteiger partial charge on any atom is 0.275 e. The Bertz CT molecular complexity index is 486. The van der Waals surface area contributed by atoms with Gasteiger partial charge in [0.25, 0.3) is 11.3 Å². The predicted molar refractivity (Wildman–Crippen MR) is 43.4 cm³/mol. The molecule has 0 spiro atoms. The quantitative estimate of drug-likeness (QED) is 0.602. The molecule has 12 heavy (non-hydrogen) atoms. The third-order valence-electron chi connectivity index (χ3n) is 1.41. The number of nitrogens with one attached hydrogen (secondary N) is 1. The van der Waals surface area contributed by atoms with Gasteiger partial charge < -0.3 is 0 Å². The molecule has 0 aliphatic heterocycles. The fourth-order valence-corrected chi connectivity index (χ4v) is 1.13. The summed E-state index contributed by atoms with van der Waals surface area (Å²) in [5.74, 6) is 0.923. The summed E-state index contributed by atoms with van der Waals surface area (Å²) < 4.78 is 1.24. The van der Waals surface area contributed by atoms with Crippen molar-refractivity contribution in [3.63, 3.8) is 0 Å². The van der Waals surface area contributed by atoms with E-state index in [1.807, 2.05) is 0 Å². The van der Waals surface area contributed by atoms with Gasteiger partial charge in [-0.1, -0.05) is 11.6 Å². The number of hydrogen-bond donors (Lipinski definition) is 1. The third kappa shape index (κ3) is 0.984. The molecule has 2 rings (SSSR count). The van der Waals surface area contributed by atoms with Gasteiger partial charge >= 0.3 is 0 Å². The van der Waals surface area contributed by atoms with Crippen LogP contribution in [0.4, 0.5) is 0 Å². The van der Waals surface area contributed by atoms with Crippen molar-refractivity contribution in [2.24, 2.45) is 0 Å². The molecule has 0 atom stereocenters. The van der Waals surface area contributed by atoms with Crippen molar-refractivity contribution in [2.45, 2.75) is 6.92 Å². The maximum absolute atomic E-state index is 11.2. The lowest BCUT2D eigenvalue weighted by molar-refractivity contribution is 0.881. The number of H-pyrrole nitrogens is 1. The SMILES string of the molecule is Cc1nc2nc(Cl)cc(=O)n2[nH]1. The van der Waals surface area contributed by atoms with Crippen molar-refractivity contribution in [3.05, 3.63) is 27.4 Å². The second kappa shape index (κ2) is 2.31. The van der Waals surface area contributed by atoms with Gasteiger partial charge in [0, 0.05) is 6.07 Å². The summed E-state index contributed by atoms with van der Waals surface area (Å²) in [5, 5.41) is 2.88. The molecule has 2 heterocycles. The van der Waals surface area contributed by atoms with E-state index in [0.29, 0.717) is 11.6 Å². The van der Waals surface area contributed by atoms with E-state index in [2.05, 4.69) is 15.1 Å². The minimum atomic E-state index is -0.259. The number of fused-ring (bicyclic) bond motifs is 1. The molecule has 0 saturated heterocycles. The van der Waals surface area contributed by atoms with E-state index < -0.39 is 0 Å². The molecule has 1 N–H and O–H groups in total. The van der Waals surface area contributed by atoms with E-state index in [-0.39, 0.29) is 10.7 Å². The number of aromatic amines is 1. The highest BCUT2D eigenvalue weighted by molar-refractivity contribution is 6.29. The first-order valence-electron chi connectivity index (χ1n) is 3.29. The van der Waals surface area contributed by atoms with Gasteiger partial charge in [-0.05, 0) is 6.92 Å². The van der Waals surface area contributed by atoms with Crippen molar-refractivity contribution >= 4 is 17.4 Å². The number of rotatable bonds is 0. The maximum atomic E-state index is 11.2. The van der Waals surface area contributed by atoms with E-state index >= 15 is 0 Å². The minimum absolute atomic E-state index is 0.159. The van der Waals surface area contributed by atoms with E-state index in [4.69, 9.17) is 11.6 Å². The first-order chi connectivity index (χ1) is 5.66. The number of hydrogen-bond acceptors (Lipinski definition) is 3. The monoisotopic (exact) mass is 184 g/mol. The summed E-state index contributed by atoms with van der Waals surface area (Å²) in [4.78, 5) is 19.0. The summed E-state index contributed by atoms with van der Waals surface area (Å²) >= 11 is 5.55. The predicted octanol–water partition coefficient (Wildman–Crippen LogP) is 0.379. The van der Waals surface area contributed by atoms with Crippen LogP contribution in [0.3, 0.4) is 0 Å². The fourth-order valence-electron chi connectivity index (χ4n) is 0.960. The summed E-state index contributed by atoms with van der Waals surface area (Å²) in [6, 6.07) is 1.23. The molecule has 0 amide bonds. The Kier molecular flexibility index (Phi) is 1.41. The van der Waals surface area contributed by atoms with E-state index in [1.54, 1.807) is 6.92 Å². The van der Waals surface area contributed by atoms with Crippen LogP contribution in [0.15, 0.2) is 10.9 Å². The van der Waals surface area contributed by atoms with Crippen LogP contribution in [0, 0.1) is 6.92 Å². The standard InChI is InChI=1S/C6H5ClN4O/c1-3-8-6-9-4(7)2-5(12)11(6)10-3/h2H,1H3,(H,8,9,10). The molecule has 62 valence electrons. The van der Waals surface area contributed by atoms with Crippen LogP contribution in [-0.4, -0.2) is 19.6 Å². The molecule has 0 fully saturated rings. The smallest absolute Gasteiger partial charge is 0.275 e. The van der Waals surface area contributed by atoms with Crippen molar-refractivity contribution in [2.75, 3.05) is 0 Å². The van der Waals surface area contributed by atoms with Gasteiger partial charge in [-0.15, -0.1) is 0 Å². The van der Waals surface area contributed by atoms with Crippen molar-refractivity contribution in [3.8, 4) is 0 Å². The lowest BCUT2D eigenvalue weighted by atomic mass is 10.6. The zero-order valence-corrected chi connectivity index (χ0v) is 6.96. The van der Waals surface area contributed by atoms with Crippen molar-refractivity contribution in [1.82, 2.24) is 19.6 Å². The van der Waals surface area contributed by atoms with E-state index in [1.165, 1.54) is 10.6 Å². The molecule has 5 nitrogen and oxygen atoms in total. The van der Waals surface area contributed by atoms with E-state index in [0.717, 1.165) is 0 Å². The van der Waals surface area contributed by atoms with Gasteiger partial charge in [0.05, 0.1) is 0 Å². The van der Waals surface area contributed by atoms with Gasteiger partial charge in [0.2, 0.25) is 0 Å². The van der Waals surface area contributed by atoms with Gasteiger partial charge in [-0.3, -0.25) is 9.89 Å². The first kappa shape index (κ1) is 7.30. The molecule has 0 aliphatic carbocycles. The summed E-state index contributed by atoms with van der Waals surface area (Å²) in [5.41, 5.74) is -0.259. The normalized spacial score (nSPS) is 10.8. The first-order valence-corrected chi connectivity index (χ1v) is 3.66. The van der Waals surface area contributed by atoms with Crippen LogP contribution < -0.4 is 5.56 Å². The Balaban J connectivity index is 2.98. The highest BCUT2D eigenvalue weighted by atomic mass is 35.5. The number of aryl methyl sites for hydroxylation is 1. The van der Waals surface area contributed by atoms with Gasteiger partial charge in [0.15, 0.2) is 0 Å². The summed E-state index contributed by atoms with van der Waals surface area (Å²) in [6.07, 6.45) is 0. The minimum Gasteiger partial charge on any atom is -0.275 e. The lowest BCUT2D eigenvalue weighted by Gasteiger charge is -1.88. The molecule has 2 aromatic heterocycles. The largest absolute Gasteiger partial charge is 0.275 e. The van der Waals surface area contributed by atoms with Gasteiger partial charge in [0.1, 0.15) is 11.0 Å². The third-order valence-corrected chi connectivity index (χ3v) is 1.60. The molecular formula is C6H5ClN4O. The number of nitrogens with zero attached hydrogens (tertiary/aromatic N) is 3.